The highest BCUT2D eigenvalue weighted by molar-refractivity contribution is 4.89. The lowest BCUT2D eigenvalue weighted by atomic mass is 9.97. The van der Waals surface area contributed by atoms with Crippen molar-refractivity contribution in [1.82, 2.24) is 10.2 Å². The first-order valence-electron chi connectivity index (χ1n) is 7.81. The second kappa shape index (κ2) is 6.75. The highest BCUT2D eigenvalue weighted by Gasteiger charge is 2.30. The second-order valence-corrected chi connectivity index (χ2v) is 5.99. The zero-order valence-electron chi connectivity index (χ0n) is 11.8. The van der Waals surface area contributed by atoms with E-state index in [9.17, 15) is 0 Å². The maximum atomic E-state index is 3.43. The van der Waals surface area contributed by atoms with Gasteiger partial charge in [0.15, 0.2) is 0 Å². The Morgan fingerprint density at radius 3 is 2.41 bits per heavy atom. The number of hydrogen-bond donors (Lipinski definition) is 1. The molecule has 1 saturated carbocycles. The smallest absolute Gasteiger partial charge is 0.0348 e. The molecule has 0 spiro atoms. The molecule has 1 N–H and O–H groups in total. The molecule has 1 saturated heterocycles. The summed E-state index contributed by atoms with van der Waals surface area (Å²) >= 11 is 0. The van der Waals surface area contributed by atoms with Gasteiger partial charge in [0.2, 0.25) is 0 Å². The molecule has 2 unspecified atom stereocenters. The van der Waals surface area contributed by atoms with Gasteiger partial charge in [-0.1, -0.05) is 33.1 Å². The van der Waals surface area contributed by atoms with Crippen LogP contribution in [0.1, 0.15) is 58.8 Å². The molecule has 0 aromatic heterocycles. The maximum absolute atomic E-state index is 3.43. The molecule has 2 heteroatoms. The van der Waals surface area contributed by atoms with Gasteiger partial charge in [-0.3, -0.25) is 4.90 Å². The first-order chi connectivity index (χ1) is 8.35. The van der Waals surface area contributed by atoms with Crippen LogP contribution < -0.4 is 5.32 Å². The van der Waals surface area contributed by atoms with Crippen LogP contribution in [0.15, 0.2) is 0 Å². The lowest BCUT2D eigenvalue weighted by Crippen LogP contribution is -2.60. The average molecular weight is 238 g/mol. The van der Waals surface area contributed by atoms with Crippen molar-refractivity contribution in [3.63, 3.8) is 0 Å². The minimum atomic E-state index is 0.845. The minimum absolute atomic E-state index is 0.845. The van der Waals surface area contributed by atoms with Crippen LogP contribution in [-0.4, -0.2) is 36.6 Å². The van der Waals surface area contributed by atoms with E-state index in [4.69, 9.17) is 0 Å². The molecule has 2 nitrogen and oxygen atoms in total. The van der Waals surface area contributed by atoms with Crippen LogP contribution in [0.2, 0.25) is 0 Å². The molecule has 17 heavy (non-hydrogen) atoms. The van der Waals surface area contributed by atoms with E-state index in [0.717, 1.165) is 18.0 Å². The Bertz CT molecular complexity index is 213. The Labute approximate surface area is 107 Å². The van der Waals surface area contributed by atoms with Gasteiger partial charge in [0.05, 0.1) is 0 Å². The summed E-state index contributed by atoms with van der Waals surface area (Å²) in [4.78, 5) is 2.83. The summed E-state index contributed by atoms with van der Waals surface area (Å²) in [6.07, 6.45) is 10.0. The molecule has 0 aromatic carbocycles. The topological polar surface area (TPSA) is 15.3 Å². The Kier molecular flexibility index (Phi) is 5.30. The summed E-state index contributed by atoms with van der Waals surface area (Å²) in [6.45, 7) is 8.46. The van der Waals surface area contributed by atoms with Gasteiger partial charge in [0, 0.05) is 25.2 Å². The fraction of sp³-hybridized carbons (Fsp3) is 1.00. The van der Waals surface area contributed by atoms with Crippen LogP contribution in [0.3, 0.4) is 0 Å². The van der Waals surface area contributed by atoms with E-state index in [1.165, 1.54) is 64.6 Å². The van der Waals surface area contributed by atoms with E-state index < -0.39 is 0 Å². The van der Waals surface area contributed by atoms with E-state index in [1.807, 2.05) is 0 Å². The van der Waals surface area contributed by atoms with E-state index in [1.54, 1.807) is 0 Å². The van der Waals surface area contributed by atoms with Crippen molar-refractivity contribution < 1.29 is 0 Å². The quantitative estimate of drug-likeness (QED) is 0.741. The van der Waals surface area contributed by atoms with Gasteiger partial charge in [-0.05, 0) is 38.1 Å². The van der Waals surface area contributed by atoms with Crippen LogP contribution in [0, 0.1) is 5.92 Å². The summed E-state index contributed by atoms with van der Waals surface area (Å²) in [6, 6.07) is 1.73. The molecule has 100 valence electrons. The molecule has 0 radical (unpaired) electrons. The summed E-state index contributed by atoms with van der Waals surface area (Å²) in [7, 11) is 0. The first kappa shape index (κ1) is 13.4. The van der Waals surface area contributed by atoms with Gasteiger partial charge in [0.1, 0.15) is 0 Å². The Balaban J connectivity index is 1.88. The fourth-order valence-corrected chi connectivity index (χ4v) is 3.53. The number of nitrogens with one attached hydrogen (secondary N) is 1. The minimum Gasteiger partial charge on any atom is -0.314 e. The number of rotatable bonds is 5. The molecule has 1 aliphatic carbocycles. The van der Waals surface area contributed by atoms with Crippen molar-refractivity contribution in [2.24, 2.45) is 5.92 Å². The molecule has 2 fully saturated rings. The van der Waals surface area contributed by atoms with Crippen molar-refractivity contribution >= 4 is 0 Å². The molecule has 0 aromatic rings. The van der Waals surface area contributed by atoms with Crippen molar-refractivity contribution in [3.8, 4) is 0 Å². The third-order valence-electron chi connectivity index (χ3n) is 4.81. The third-order valence-corrected chi connectivity index (χ3v) is 4.81. The Morgan fingerprint density at radius 1 is 1.00 bits per heavy atom. The molecule has 1 heterocycles. The van der Waals surface area contributed by atoms with Gasteiger partial charge >= 0.3 is 0 Å². The molecule has 0 amide bonds. The van der Waals surface area contributed by atoms with Crippen LogP contribution in [0.25, 0.3) is 0 Å². The predicted octanol–water partition coefficient (Wildman–Crippen LogP) is 3.03. The zero-order chi connectivity index (χ0) is 12.1. The summed E-state index contributed by atoms with van der Waals surface area (Å²) in [5.41, 5.74) is 0. The highest BCUT2D eigenvalue weighted by Crippen LogP contribution is 2.29. The van der Waals surface area contributed by atoms with Gasteiger partial charge in [-0.2, -0.15) is 0 Å². The van der Waals surface area contributed by atoms with Crippen LogP contribution in [0.4, 0.5) is 0 Å². The molecule has 0 bridgehead atoms. The molecule has 2 rings (SSSR count). The van der Waals surface area contributed by atoms with Crippen molar-refractivity contribution in [3.05, 3.63) is 0 Å². The standard InChI is InChI=1S/C15H30N2/c1-3-10-17(15-11-16-12-15)14-7-5-6-13(4-2)8-9-14/h13-16H,3-12H2,1-2H3. The summed E-state index contributed by atoms with van der Waals surface area (Å²) in [5, 5.41) is 3.43. The van der Waals surface area contributed by atoms with Gasteiger partial charge in [0.25, 0.3) is 0 Å². The van der Waals surface area contributed by atoms with Crippen molar-refractivity contribution in [2.45, 2.75) is 70.9 Å². The second-order valence-electron chi connectivity index (χ2n) is 5.99. The van der Waals surface area contributed by atoms with Crippen LogP contribution in [0.5, 0.6) is 0 Å². The van der Waals surface area contributed by atoms with E-state index in [2.05, 4.69) is 24.1 Å². The monoisotopic (exact) mass is 238 g/mol. The third kappa shape index (κ3) is 3.45. The summed E-state index contributed by atoms with van der Waals surface area (Å²) < 4.78 is 0. The molecule has 2 atom stereocenters. The number of hydrogen-bond acceptors (Lipinski definition) is 2. The largest absolute Gasteiger partial charge is 0.314 e. The average Bonchev–Trinajstić information content (AvgIpc) is 2.51. The SMILES string of the molecule is CCCN(C1CCCC(CC)CC1)C1CNC1. The molecular formula is C15H30N2. The zero-order valence-corrected chi connectivity index (χ0v) is 11.8. The molecular weight excluding hydrogens is 208 g/mol. The van der Waals surface area contributed by atoms with E-state index >= 15 is 0 Å². The molecule has 2 aliphatic rings. The van der Waals surface area contributed by atoms with Crippen LogP contribution in [-0.2, 0) is 0 Å². The van der Waals surface area contributed by atoms with Crippen molar-refractivity contribution in [2.75, 3.05) is 19.6 Å². The normalized spacial score (nSPS) is 31.2. The lowest BCUT2D eigenvalue weighted by Gasteiger charge is -2.43. The highest BCUT2D eigenvalue weighted by atomic mass is 15.3. The lowest BCUT2D eigenvalue weighted by molar-refractivity contribution is 0.0850. The van der Waals surface area contributed by atoms with Crippen LogP contribution >= 0.6 is 0 Å². The van der Waals surface area contributed by atoms with E-state index in [-0.39, 0.29) is 0 Å². The fourth-order valence-electron chi connectivity index (χ4n) is 3.53. The first-order valence-corrected chi connectivity index (χ1v) is 7.81. The number of nitrogens with zero attached hydrogens (tertiary/aromatic N) is 1. The molecule has 1 aliphatic heterocycles. The van der Waals surface area contributed by atoms with E-state index in [0.29, 0.717) is 0 Å². The van der Waals surface area contributed by atoms with Gasteiger partial charge < -0.3 is 5.32 Å². The Hall–Kier alpha value is -0.0800. The van der Waals surface area contributed by atoms with Gasteiger partial charge in [-0.25, -0.2) is 0 Å². The predicted molar refractivity (Wildman–Crippen MR) is 74.3 cm³/mol. The van der Waals surface area contributed by atoms with Gasteiger partial charge in [-0.15, -0.1) is 0 Å². The Morgan fingerprint density at radius 2 is 1.82 bits per heavy atom. The summed E-state index contributed by atoms with van der Waals surface area (Å²) in [5.74, 6) is 1.02. The van der Waals surface area contributed by atoms with Crippen molar-refractivity contribution in [1.29, 1.82) is 0 Å². The maximum Gasteiger partial charge on any atom is 0.0348 e.